The smallest absolute Gasteiger partial charge is 0.329 e. The van der Waals surface area contributed by atoms with Gasteiger partial charge in [-0.2, -0.15) is 0 Å². The van der Waals surface area contributed by atoms with E-state index in [0.717, 1.165) is 11.3 Å². The second-order valence-electron chi connectivity index (χ2n) is 5.58. The Morgan fingerprint density at radius 1 is 1.10 bits per heavy atom. The molecule has 0 radical (unpaired) electrons. The van der Waals surface area contributed by atoms with Crippen LogP contribution in [0.15, 0.2) is 30.3 Å². The highest BCUT2D eigenvalue weighted by atomic mass is 16.4. The van der Waals surface area contributed by atoms with Crippen LogP contribution < -0.4 is 4.90 Å². The van der Waals surface area contributed by atoms with Crippen LogP contribution >= 0.6 is 0 Å². The summed E-state index contributed by atoms with van der Waals surface area (Å²) >= 11 is 0. The van der Waals surface area contributed by atoms with Gasteiger partial charge in [-0.25, -0.2) is 4.79 Å². The second kappa shape index (κ2) is 6.43. The van der Waals surface area contributed by atoms with Crippen LogP contribution in [0.1, 0.15) is 19.4 Å². The topological polar surface area (TPSA) is 60.9 Å². The number of carbonyl (C=O) groups is 2. The van der Waals surface area contributed by atoms with Gasteiger partial charge in [0, 0.05) is 32.9 Å². The molecule has 1 rings (SSSR count). The number of nitrogens with zero attached hydrogens (tertiary/aromatic N) is 2. The molecule has 0 aliphatic rings. The van der Waals surface area contributed by atoms with Gasteiger partial charge < -0.3 is 14.9 Å². The zero-order chi connectivity index (χ0) is 16.2. The summed E-state index contributed by atoms with van der Waals surface area (Å²) in [5.41, 5.74) is 0.717. The molecule has 0 atom stereocenters. The van der Waals surface area contributed by atoms with Gasteiger partial charge in [-0.05, 0) is 37.6 Å². The summed E-state index contributed by atoms with van der Waals surface area (Å²) in [6.07, 6.45) is 3.06. The lowest BCUT2D eigenvalue weighted by atomic mass is 10.0. The van der Waals surface area contributed by atoms with Crippen LogP contribution in [0.4, 0.5) is 5.69 Å². The summed E-state index contributed by atoms with van der Waals surface area (Å²) in [4.78, 5) is 26.3. The highest BCUT2D eigenvalue weighted by Crippen LogP contribution is 2.15. The maximum atomic E-state index is 12.0. The van der Waals surface area contributed by atoms with Gasteiger partial charge in [0.05, 0.1) is 0 Å². The average molecular weight is 290 g/mol. The summed E-state index contributed by atoms with van der Waals surface area (Å²) in [5, 5.41) is 9.11. The maximum Gasteiger partial charge on any atom is 0.329 e. The number of amides is 1. The van der Waals surface area contributed by atoms with Crippen molar-refractivity contribution < 1.29 is 14.7 Å². The predicted molar refractivity (Wildman–Crippen MR) is 84.3 cm³/mol. The number of carbonyl (C=O) groups excluding carboxylic acids is 1. The molecule has 0 aromatic heterocycles. The minimum absolute atomic E-state index is 0.348. The quantitative estimate of drug-likeness (QED) is 0.844. The molecule has 0 heterocycles. The Morgan fingerprint density at radius 2 is 1.62 bits per heavy atom. The van der Waals surface area contributed by atoms with Crippen LogP contribution in [-0.4, -0.2) is 48.6 Å². The van der Waals surface area contributed by atoms with Crippen molar-refractivity contribution in [2.45, 2.75) is 19.4 Å². The SMILES string of the molecule is CN(C)c1ccc(C=CC(=O)N(C)C(C)(C)C(=O)O)cc1. The van der Waals surface area contributed by atoms with Crippen molar-refractivity contribution in [2.24, 2.45) is 0 Å². The molecule has 1 aromatic rings. The predicted octanol–water partition coefficient (Wildman–Crippen LogP) is 2.09. The molecule has 0 aliphatic heterocycles. The standard InChI is InChI=1S/C16H22N2O3/c1-16(2,15(20)21)18(5)14(19)11-8-12-6-9-13(10-7-12)17(3)4/h6-11H,1-5H3,(H,20,21). The monoisotopic (exact) mass is 290 g/mol. The largest absolute Gasteiger partial charge is 0.480 e. The first kappa shape index (κ1) is 16.8. The molecule has 21 heavy (non-hydrogen) atoms. The number of anilines is 1. The van der Waals surface area contributed by atoms with E-state index in [9.17, 15) is 9.59 Å². The van der Waals surface area contributed by atoms with Gasteiger partial charge in [-0.1, -0.05) is 12.1 Å². The molecule has 0 aliphatic carbocycles. The van der Waals surface area contributed by atoms with E-state index >= 15 is 0 Å². The molecule has 0 saturated heterocycles. The van der Waals surface area contributed by atoms with Crippen LogP contribution in [0.25, 0.3) is 6.08 Å². The first-order valence-electron chi connectivity index (χ1n) is 6.63. The number of hydrogen-bond donors (Lipinski definition) is 1. The van der Waals surface area contributed by atoms with E-state index in [1.807, 2.05) is 43.3 Å². The van der Waals surface area contributed by atoms with E-state index < -0.39 is 11.5 Å². The molecular weight excluding hydrogens is 268 g/mol. The normalized spacial score (nSPS) is 11.5. The summed E-state index contributed by atoms with van der Waals surface area (Å²) < 4.78 is 0. The van der Waals surface area contributed by atoms with Gasteiger partial charge >= 0.3 is 5.97 Å². The van der Waals surface area contributed by atoms with Crippen LogP contribution in [0.5, 0.6) is 0 Å². The van der Waals surface area contributed by atoms with Gasteiger partial charge in [-0.15, -0.1) is 0 Å². The Kier molecular flexibility index (Phi) is 5.13. The first-order chi connectivity index (χ1) is 9.66. The number of rotatable bonds is 5. The number of aliphatic carboxylic acids is 1. The van der Waals surface area contributed by atoms with Gasteiger partial charge in [0.2, 0.25) is 5.91 Å². The lowest BCUT2D eigenvalue weighted by Gasteiger charge is -2.30. The van der Waals surface area contributed by atoms with Crippen molar-refractivity contribution in [3.8, 4) is 0 Å². The van der Waals surface area contributed by atoms with E-state index in [1.165, 1.54) is 31.9 Å². The van der Waals surface area contributed by atoms with Crippen molar-refractivity contribution in [3.63, 3.8) is 0 Å². The second-order valence-corrected chi connectivity index (χ2v) is 5.58. The lowest BCUT2D eigenvalue weighted by Crippen LogP contribution is -2.50. The molecule has 1 aromatic carbocycles. The van der Waals surface area contributed by atoms with E-state index in [0.29, 0.717) is 0 Å². The van der Waals surface area contributed by atoms with Gasteiger partial charge in [0.25, 0.3) is 0 Å². The highest BCUT2D eigenvalue weighted by Gasteiger charge is 2.34. The molecule has 0 unspecified atom stereocenters. The molecule has 5 nitrogen and oxygen atoms in total. The van der Waals surface area contributed by atoms with Crippen molar-refractivity contribution >= 4 is 23.6 Å². The Morgan fingerprint density at radius 3 is 2.05 bits per heavy atom. The summed E-state index contributed by atoms with van der Waals surface area (Å²) in [6, 6.07) is 7.72. The van der Waals surface area contributed by atoms with Crippen molar-refractivity contribution in [2.75, 3.05) is 26.0 Å². The number of hydrogen-bond acceptors (Lipinski definition) is 3. The van der Waals surface area contributed by atoms with Crippen LogP contribution in [0, 0.1) is 0 Å². The highest BCUT2D eigenvalue weighted by molar-refractivity contribution is 5.95. The van der Waals surface area contributed by atoms with Crippen molar-refractivity contribution in [3.05, 3.63) is 35.9 Å². The van der Waals surface area contributed by atoms with Crippen LogP contribution in [-0.2, 0) is 9.59 Å². The molecular formula is C16H22N2O3. The molecule has 114 valence electrons. The Balaban J connectivity index is 2.80. The zero-order valence-electron chi connectivity index (χ0n) is 13.1. The number of carboxylic acid groups (broad SMARTS) is 1. The fourth-order valence-electron chi connectivity index (χ4n) is 1.58. The van der Waals surface area contributed by atoms with Crippen LogP contribution in [0.2, 0.25) is 0 Å². The molecule has 5 heteroatoms. The Labute approximate surface area is 125 Å². The molecule has 1 N–H and O–H groups in total. The minimum atomic E-state index is -1.24. The third kappa shape index (κ3) is 4.08. The fourth-order valence-corrected chi connectivity index (χ4v) is 1.58. The summed E-state index contributed by atoms with van der Waals surface area (Å²) in [5.74, 6) is -1.39. The Hall–Kier alpha value is -2.30. The maximum absolute atomic E-state index is 12.0. The van der Waals surface area contributed by atoms with E-state index in [4.69, 9.17) is 5.11 Å². The van der Waals surface area contributed by atoms with Gasteiger partial charge in [0.1, 0.15) is 5.54 Å². The summed E-state index contributed by atoms with van der Waals surface area (Å²) in [6.45, 7) is 2.99. The number of likely N-dealkylation sites (N-methyl/N-ethyl adjacent to an activating group) is 1. The molecule has 0 bridgehead atoms. The van der Waals surface area contributed by atoms with Gasteiger partial charge in [0.15, 0.2) is 0 Å². The molecule has 1 amide bonds. The molecule has 0 saturated carbocycles. The first-order valence-corrected chi connectivity index (χ1v) is 6.63. The van der Waals surface area contributed by atoms with Crippen LogP contribution in [0.3, 0.4) is 0 Å². The van der Waals surface area contributed by atoms with Gasteiger partial charge in [-0.3, -0.25) is 4.79 Å². The van der Waals surface area contributed by atoms with E-state index in [1.54, 1.807) is 6.08 Å². The molecule has 0 spiro atoms. The minimum Gasteiger partial charge on any atom is -0.480 e. The average Bonchev–Trinajstić information content (AvgIpc) is 2.44. The lowest BCUT2D eigenvalue weighted by molar-refractivity contribution is -0.153. The summed E-state index contributed by atoms with van der Waals surface area (Å²) in [7, 11) is 5.39. The van der Waals surface area contributed by atoms with Crippen molar-refractivity contribution in [1.29, 1.82) is 0 Å². The van der Waals surface area contributed by atoms with E-state index in [-0.39, 0.29) is 5.91 Å². The Bertz CT molecular complexity index is 545. The third-order valence-electron chi connectivity index (χ3n) is 3.52. The fraction of sp³-hybridized carbons (Fsp3) is 0.375. The number of benzene rings is 1. The van der Waals surface area contributed by atoms with Crippen molar-refractivity contribution in [1.82, 2.24) is 4.90 Å². The van der Waals surface area contributed by atoms with E-state index in [2.05, 4.69) is 0 Å². The zero-order valence-corrected chi connectivity index (χ0v) is 13.1. The molecule has 0 fully saturated rings. The number of carboxylic acids is 1. The third-order valence-corrected chi connectivity index (χ3v) is 3.52.